The fourth-order valence-electron chi connectivity index (χ4n) is 0.898. The number of anilines is 1. The average molecular weight is 190 g/mol. The minimum Gasteiger partial charge on any atom is -0.373 e. The predicted molar refractivity (Wildman–Crippen MR) is 51.7 cm³/mol. The largest absolute Gasteiger partial charge is 0.373 e. The van der Waals surface area contributed by atoms with Crippen LogP contribution in [0.4, 0.5) is 5.82 Å². The van der Waals surface area contributed by atoms with Crippen LogP contribution in [-0.2, 0) is 0 Å². The molecule has 0 unspecified atom stereocenters. The molecule has 0 bridgehead atoms. The van der Waals surface area contributed by atoms with Gasteiger partial charge in [-0.05, 0) is 12.1 Å². The molecule has 1 aromatic rings. The number of hydrogen-bond donors (Lipinski definition) is 2. The van der Waals surface area contributed by atoms with E-state index in [2.05, 4.69) is 15.6 Å². The van der Waals surface area contributed by atoms with Crippen molar-refractivity contribution in [3.63, 3.8) is 0 Å². The molecule has 1 rings (SSSR count). The van der Waals surface area contributed by atoms with E-state index in [1.54, 1.807) is 19.2 Å². The highest BCUT2D eigenvalue weighted by atomic mass is 16.1. The summed E-state index contributed by atoms with van der Waals surface area (Å²) in [6.45, 7) is 0.00656. The maximum Gasteiger partial charge on any atom is 0.253 e. The molecule has 5 heteroatoms. The molecule has 0 aromatic carbocycles. The van der Waals surface area contributed by atoms with Gasteiger partial charge in [-0.3, -0.25) is 4.79 Å². The number of carbonyl (C=O) groups excluding carboxylic acids is 1. The van der Waals surface area contributed by atoms with Gasteiger partial charge in [0.15, 0.2) is 0 Å². The summed E-state index contributed by atoms with van der Waals surface area (Å²) in [6, 6.07) is 5.17. The van der Waals surface area contributed by atoms with Gasteiger partial charge < -0.3 is 10.6 Å². The molecule has 0 aliphatic carbocycles. The van der Waals surface area contributed by atoms with Gasteiger partial charge in [0.1, 0.15) is 12.4 Å². The second kappa shape index (κ2) is 4.82. The lowest BCUT2D eigenvalue weighted by molar-refractivity contribution is 0.0958. The van der Waals surface area contributed by atoms with Crippen molar-refractivity contribution in [1.29, 1.82) is 5.26 Å². The Hall–Kier alpha value is -2.09. The summed E-state index contributed by atoms with van der Waals surface area (Å²) in [4.78, 5) is 15.3. The SMILES string of the molecule is CNc1ccc(C(=O)NCC#N)cn1. The highest BCUT2D eigenvalue weighted by Gasteiger charge is 2.03. The number of amides is 1. The molecule has 0 atom stereocenters. The van der Waals surface area contributed by atoms with Crippen LogP contribution in [0.1, 0.15) is 10.4 Å². The van der Waals surface area contributed by atoms with Gasteiger partial charge in [0, 0.05) is 13.2 Å². The number of hydrogen-bond acceptors (Lipinski definition) is 4. The van der Waals surface area contributed by atoms with E-state index in [0.717, 1.165) is 0 Å². The third kappa shape index (κ3) is 2.45. The number of nitrogens with one attached hydrogen (secondary N) is 2. The summed E-state index contributed by atoms with van der Waals surface area (Å²) in [6.07, 6.45) is 1.46. The first-order chi connectivity index (χ1) is 6.77. The van der Waals surface area contributed by atoms with Gasteiger partial charge in [-0.15, -0.1) is 0 Å². The van der Waals surface area contributed by atoms with Crippen molar-refractivity contribution >= 4 is 11.7 Å². The van der Waals surface area contributed by atoms with Gasteiger partial charge >= 0.3 is 0 Å². The Morgan fingerprint density at radius 1 is 1.64 bits per heavy atom. The predicted octanol–water partition coefficient (Wildman–Crippen LogP) is 0.377. The van der Waals surface area contributed by atoms with Crippen molar-refractivity contribution in [1.82, 2.24) is 10.3 Å². The molecule has 1 heterocycles. The van der Waals surface area contributed by atoms with E-state index in [0.29, 0.717) is 11.4 Å². The number of pyridine rings is 1. The lowest BCUT2D eigenvalue weighted by Gasteiger charge is -2.01. The highest BCUT2D eigenvalue weighted by Crippen LogP contribution is 2.03. The first-order valence-electron chi connectivity index (χ1n) is 4.07. The third-order valence-corrected chi connectivity index (χ3v) is 1.61. The lowest BCUT2D eigenvalue weighted by Crippen LogP contribution is -2.23. The zero-order valence-corrected chi connectivity index (χ0v) is 7.74. The van der Waals surface area contributed by atoms with Crippen LogP contribution < -0.4 is 10.6 Å². The van der Waals surface area contributed by atoms with Crippen LogP contribution in [-0.4, -0.2) is 24.5 Å². The van der Waals surface area contributed by atoms with Gasteiger partial charge in [-0.25, -0.2) is 4.98 Å². The van der Waals surface area contributed by atoms with Crippen LogP contribution in [0, 0.1) is 11.3 Å². The molecule has 0 radical (unpaired) electrons. The standard InChI is InChI=1S/C9H10N4O/c1-11-8-3-2-7(6-13-8)9(14)12-5-4-10/h2-3,6H,5H2,1H3,(H,11,13)(H,12,14). The van der Waals surface area contributed by atoms with Crippen molar-refractivity contribution < 1.29 is 4.79 Å². The van der Waals surface area contributed by atoms with Crippen LogP contribution >= 0.6 is 0 Å². The van der Waals surface area contributed by atoms with Crippen molar-refractivity contribution in [2.75, 3.05) is 18.9 Å². The fourth-order valence-corrected chi connectivity index (χ4v) is 0.898. The number of carbonyl (C=O) groups is 1. The Morgan fingerprint density at radius 3 is 2.93 bits per heavy atom. The van der Waals surface area contributed by atoms with Crippen molar-refractivity contribution in [2.45, 2.75) is 0 Å². The molecule has 5 nitrogen and oxygen atoms in total. The van der Waals surface area contributed by atoms with Gasteiger partial charge in [-0.2, -0.15) is 5.26 Å². The summed E-state index contributed by atoms with van der Waals surface area (Å²) in [7, 11) is 1.75. The van der Waals surface area contributed by atoms with Crippen molar-refractivity contribution in [3.05, 3.63) is 23.9 Å². The Morgan fingerprint density at radius 2 is 2.43 bits per heavy atom. The van der Waals surface area contributed by atoms with Gasteiger partial charge in [-0.1, -0.05) is 0 Å². The fraction of sp³-hybridized carbons (Fsp3) is 0.222. The quantitative estimate of drug-likeness (QED) is 0.675. The number of rotatable bonds is 3. The van der Waals surface area contributed by atoms with Crippen LogP contribution in [0.2, 0.25) is 0 Å². The Bertz CT molecular complexity index is 352. The molecule has 0 saturated carbocycles. The molecular weight excluding hydrogens is 180 g/mol. The molecule has 2 N–H and O–H groups in total. The molecule has 1 aromatic heterocycles. The minimum absolute atomic E-state index is 0.00656. The average Bonchev–Trinajstić information content (AvgIpc) is 2.26. The maximum absolute atomic E-state index is 11.3. The summed E-state index contributed by atoms with van der Waals surface area (Å²) in [5.41, 5.74) is 0.444. The van der Waals surface area contributed by atoms with Gasteiger partial charge in [0.2, 0.25) is 0 Å². The number of nitrogens with zero attached hydrogens (tertiary/aromatic N) is 2. The normalized spacial score (nSPS) is 8.86. The summed E-state index contributed by atoms with van der Waals surface area (Å²) in [5, 5.41) is 13.5. The van der Waals surface area contributed by atoms with Gasteiger partial charge in [0.05, 0.1) is 11.6 Å². The molecule has 0 spiro atoms. The van der Waals surface area contributed by atoms with Crippen LogP contribution in [0.5, 0.6) is 0 Å². The third-order valence-electron chi connectivity index (χ3n) is 1.61. The van der Waals surface area contributed by atoms with Crippen LogP contribution in [0.15, 0.2) is 18.3 Å². The number of aromatic nitrogens is 1. The van der Waals surface area contributed by atoms with Crippen LogP contribution in [0.3, 0.4) is 0 Å². The smallest absolute Gasteiger partial charge is 0.253 e. The second-order valence-corrected chi connectivity index (χ2v) is 2.52. The molecule has 0 saturated heterocycles. The zero-order chi connectivity index (χ0) is 10.4. The monoisotopic (exact) mass is 190 g/mol. The topological polar surface area (TPSA) is 77.8 Å². The van der Waals surface area contributed by atoms with E-state index in [1.807, 2.05) is 6.07 Å². The molecule has 1 amide bonds. The van der Waals surface area contributed by atoms with Crippen molar-refractivity contribution in [3.8, 4) is 6.07 Å². The summed E-state index contributed by atoms with van der Waals surface area (Å²) >= 11 is 0. The Balaban J connectivity index is 2.67. The van der Waals surface area contributed by atoms with Crippen molar-refractivity contribution in [2.24, 2.45) is 0 Å². The second-order valence-electron chi connectivity index (χ2n) is 2.52. The van der Waals surface area contributed by atoms with Crippen LogP contribution in [0.25, 0.3) is 0 Å². The number of nitriles is 1. The first kappa shape index (κ1) is 9.99. The molecule has 0 aliphatic rings. The van der Waals surface area contributed by atoms with E-state index in [-0.39, 0.29) is 12.5 Å². The molecule has 14 heavy (non-hydrogen) atoms. The van der Waals surface area contributed by atoms with E-state index in [1.165, 1.54) is 6.20 Å². The summed E-state index contributed by atoms with van der Waals surface area (Å²) in [5.74, 6) is 0.406. The molecule has 72 valence electrons. The molecular formula is C9H10N4O. The maximum atomic E-state index is 11.3. The van der Waals surface area contributed by atoms with E-state index < -0.39 is 0 Å². The molecule has 0 fully saturated rings. The van der Waals surface area contributed by atoms with E-state index in [9.17, 15) is 4.79 Å². The summed E-state index contributed by atoms with van der Waals surface area (Å²) < 4.78 is 0. The molecule has 0 aliphatic heterocycles. The van der Waals surface area contributed by atoms with E-state index in [4.69, 9.17) is 5.26 Å². The zero-order valence-electron chi connectivity index (χ0n) is 7.74. The highest BCUT2D eigenvalue weighted by molar-refractivity contribution is 5.94. The Kier molecular flexibility index (Phi) is 3.44. The minimum atomic E-state index is -0.290. The lowest BCUT2D eigenvalue weighted by atomic mass is 10.2. The van der Waals surface area contributed by atoms with Gasteiger partial charge in [0.25, 0.3) is 5.91 Å². The van der Waals surface area contributed by atoms with E-state index >= 15 is 0 Å². The first-order valence-corrected chi connectivity index (χ1v) is 4.07. The Labute approximate surface area is 81.8 Å².